The molecule has 14 aromatic carbocycles. The number of nitrogens with zero attached hydrogens (tertiary/aromatic N) is 15. The van der Waals surface area contributed by atoms with E-state index in [1.165, 1.54) is 94.1 Å². The van der Waals surface area contributed by atoms with E-state index in [0.29, 0.717) is 35.5 Å². The van der Waals surface area contributed by atoms with Crippen molar-refractivity contribution in [2.75, 3.05) is 38.6 Å². The minimum atomic E-state index is 0. The Bertz CT molecular complexity index is 6740. The third-order valence-electron chi connectivity index (χ3n) is 24.9. The molecule has 0 fully saturated rings. The summed E-state index contributed by atoms with van der Waals surface area (Å²) in [6.45, 7) is 33.2. The van der Waals surface area contributed by atoms with Gasteiger partial charge in [0.2, 0.25) is 17.8 Å². The molecule has 23 rings (SSSR count). The van der Waals surface area contributed by atoms with Gasteiger partial charge in [-0.3, -0.25) is 13.7 Å². The average Bonchev–Trinajstić information content (AvgIpc) is 1.59. The minimum absolute atomic E-state index is 0. The number of benzene rings is 14. The minimum Gasteiger partial charge on any atom is -0.510 e. The average molecular weight is 2340 g/mol. The molecule has 0 radical (unpaired) electrons. The van der Waals surface area contributed by atoms with Crippen molar-refractivity contribution < 1.29 is 60.3 Å². The summed E-state index contributed by atoms with van der Waals surface area (Å²) in [6, 6.07) is 127. The molecule has 0 bridgehead atoms. The molecule has 0 N–H and O–H groups in total. The first kappa shape index (κ1) is 98.8. The van der Waals surface area contributed by atoms with E-state index in [-0.39, 0.29) is 60.3 Å². The Morgan fingerprint density at radius 3 is 0.913 bits per heavy atom. The van der Waals surface area contributed by atoms with Crippen LogP contribution in [0.15, 0.2) is 371 Å². The van der Waals surface area contributed by atoms with Crippen LogP contribution in [0.2, 0.25) is 0 Å². The van der Waals surface area contributed by atoms with Gasteiger partial charge < -0.3 is 43.1 Å². The van der Waals surface area contributed by atoms with Crippen LogP contribution in [0, 0.1) is 56.4 Å². The Morgan fingerprint density at radius 2 is 0.565 bits per heavy atom. The molecule has 138 heavy (non-hydrogen) atoms. The third-order valence-corrected chi connectivity index (χ3v) is 24.9. The first-order valence-electron chi connectivity index (χ1n) is 46.6. The van der Waals surface area contributed by atoms with E-state index in [1.807, 2.05) is 182 Å². The van der Waals surface area contributed by atoms with E-state index in [4.69, 9.17) is 15.0 Å². The van der Waals surface area contributed by atoms with Crippen LogP contribution in [0.3, 0.4) is 0 Å². The molecule has 20 aromatic rings. The van der Waals surface area contributed by atoms with Crippen LogP contribution in [0.5, 0.6) is 0 Å². The number of aromatic nitrogens is 9. The quantitative estimate of drug-likeness (QED) is 0.0878. The van der Waals surface area contributed by atoms with E-state index < -0.39 is 0 Å². The summed E-state index contributed by atoms with van der Waals surface area (Å²) >= 11 is 0. The summed E-state index contributed by atoms with van der Waals surface area (Å²) in [5, 5.41) is 7.26. The Labute approximate surface area is 853 Å². The number of fused-ring (bicyclic) bond motifs is 10. The first-order chi connectivity index (χ1) is 65.9. The maximum atomic E-state index is 4.84. The summed E-state index contributed by atoms with van der Waals surface area (Å²) in [5.74, 6) is 5.20. The van der Waals surface area contributed by atoms with Gasteiger partial charge in [0.05, 0.1) is 17.1 Å². The maximum absolute atomic E-state index is 4.84. The molecule has 0 aliphatic carbocycles. The zero-order chi connectivity index (χ0) is 93.3. The Hall–Kier alpha value is -13.7. The summed E-state index contributed by atoms with van der Waals surface area (Å²) in [4.78, 5) is 27.0. The third kappa shape index (κ3) is 20.4. The summed E-state index contributed by atoms with van der Waals surface area (Å²) in [6.07, 6.45) is 20.0. The second-order valence-corrected chi connectivity index (χ2v) is 35.8. The van der Waals surface area contributed by atoms with Gasteiger partial charge in [0.25, 0.3) is 0 Å². The van der Waals surface area contributed by atoms with Gasteiger partial charge in [0, 0.05) is 70.8 Å². The number of hydrogen-bond acceptors (Lipinski definition) is 9. The SMILES string of the molecule is CC(C)c1cccc(C(C)C)c1-n1ccnc1-n1c2[c-]cccc2c2ccccc21.CC(C)c1cccc(C(C)C)c1-n1ccnc1-n1c2[c-]cccc2c2ccccc21.CC(C)c1cccc(C(C)C)c1-n1ccnc1-n1c2[c-]cccc2c2ccccc21.CN1C=CN(c2[c-]cccc2)[CH-]1.CN1[CH-]N(c2[c-]cccc2)c2ccccc21.[Ir+3].[Ir+3].[Ir+3].[c-]1ccccc1N1C=CN(c2ccccc2)[CH-]1. The van der Waals surface area contributed by atoms with Crippen LogP contribution in [0.1, 0.15) is 152 Å². The molecule has 6 aromatic heterocycles. The smallest absolute Gasteiger partial charge is 0.510 e. The zero-order valence-corrected chi connectivity index (χ0v) is 87.3. The number of rotatable bonds is 16. The molecule has 18 heteroatoms. The topological polar surface area (TPSA) is 87.7 Å². The van der Waals surface area contributed by atoms with Crippen LogP contribution in [-0.4, -0.2) is 61.3 Å². The van der Waals surface area contributed by atoms with Gasteiger partial charge in [-0.15, -0.1) is 39.9 Å². The molecule has 0 spiro atoms. The van der Waals surface area contributed by atoms with Crippen molar-refractivity contribution in [3.05, 3.63) is 461 Å². The molecule has 694 valence electrons. The van der Waals surface area contributed by atoms with Crippen molar-refractivity contribution in [2.45, 2.75) is 119 Å². The molecule has 0 atom stereocenters. The summed E-state index contributed by atoms with van der Waals surface area (Å²) < 4.78 is 13.5. The van der Waals surface area contributed by atoms with Crippen LogP contribution in [0.4, 0.5) is 34.1 Å². The van der Waals surface area contributed by atoms with Crippen LogP contribution in [0.25, 0.3) is 100 Å². The molecule has 0 amide bonds. The molecule has 3 aliphatic rings. The Morgan fingerprint density at radius 1 is 0.261 bits per heavy atom. The number of hydrogen-bond donors (Lipinski definition) is 0. The first-order valence-corrected chi connectivity index (χ1v) is 46.6. The van der Waals surface area contributed by atoms with Gasteiger partial charge in [-0.25, -0.2) is 15.0 Å². The molecule has 15 nitrogen and oxygen atoms in total. The summed E-state index contributed by atoms with van der Waals surface area (Å²) in [5.41, 5.74) is 25.1. The van der Waals surface area contributed by atoms with Gasteiger partial charge in [-0.1, -0.05) is 239 Å². The molecular weight excluding hydrogens is 2230 g/mol. The van der Waals surface area contributed by atoms with E-state index in [2.05, 4.69) is 400 Å². The molecule has 0 unspecified atom stereocenters. The normalized spacial score (nSPS) is 12.6. The zero-order valence-electron chi connectivity index (χ0n) is 80.1. The second kappa shape index (κ2) is 44.6. The van der Waals surface area contributed by atoms with Gasteiger partial charge in [-0.2, -0.15) is 177 Å². The number of para-hydroxylation sites is 15. The summed E-state index contributed by atoms with van der Waals surface area (Å²) in [7, 11) is 4.06. The van der Waals surface area contributed by atoms with E-state index in [0.717, 1.165) is 73.7 Å². The van der Waals surface area contributed by atoms with Crippen LogP contribution >= 0.6 is 0 Å². The Kier molecular flexibility index (Phi) is 32.0. The fourth-order valence-corrected chi connectivity index (χ4v) is 18.4. The van der Waals surface area contributed by atoms with Crippen molar-refractivity contribution in [3.63, 3.8) is 0 Å². The monoisotopic (exact) mass is 2340 g/mol. The fourth-order valence-electron chi connectivity index (χ4n) is 18.4. The van der Waals surface area contributed by atoms with Crippen molar-refractivity contribution >= 4 is 99.5 Å². The van der Waals surface area contributed by atoms with Gasteiger partial charge in [0.1, 0.15) is 0 Å². The van der Waals surface area contributed by atoms with Crippen molar-refractivity contribution in [3.8, 4) is 34.9 Å². The van der Waals surface area contributed by atoms with Crippen LogP contribution in [-0.2, 0) is 60.3 Å². The van der Waals surface area contributed by atoms with E-state index in [1.54, 1.807) is 0 Å². The van der Waals surface area contributed by atoms with Gasteiger partial charge in [-0.05, 0) is 166 Å². The maximum Gasteiger partial charge on any atom is 3.00 e. The van der Waals surface area contributed by atoms with Gasteiger partial charge >= 0.3 is 60.3 Å². The fraction of sp³-hybridized carbons (Fsp3) is 0.167. The molecule has 0 saturated heterocycles. The predicted molar refractivity (Wildman–Crippen MR) is 560 cm³/mol. The van der Waals surface area contributed by atoms with Gasteiger partial charge in [0.15, 0.2) is 0 Å². The molecule has 0 saturated carbocycles. The molecule has 9 heterocycles. The second-order valence-electron chi connectivity index (χ2n) is 35.8. The number of imidazole rings is 3. The molecule has 3 aliphatic heterocycles. The Balaban J connectivity index is 0.000000128. The van der Waals surface area contributed by atoms with E-state index in [9.17, 15) is 0 Å². The standard InChI is InChI=1S/3C27H26N3.C15H12N2.C14H12N2.C10H10N2.3Ir/c3*1-18(2)20-12-9-13-21(19(3)4)26(20)29-17-16-28-27(29)30-24-14-7-5-10-22(24)23-11-6-8-15-25(23)30;1-3-7-14(8-4-1)16-11-12-17(13-16)15-9-5-2-6-10-15;1-15-11-16(12-7-3-2-4-8-12)14-10-6-5-9-13(14)15;1-11-7-8-12(9-11)10-5-3-2-4-6-10;;;/h3*5-14,16-19H,1-4H3;1-9,11-13H;2-7,9-11H,1H3;2-5,7-9H,1H3;;;/q3*-1;3*-2;3*+3. The van der Waals surface area contributed by atoms with Crippen molar-refractivity contribution in [2.24, 2.45) is 0 Å². The number of anilines is 6. The largest absolute Gasteiger partial charge is 3.00 e. The van der Waals surface area contributed by atoms with Crippen LogP contribution < -0.4 is 24.5 Å². The molecular formula is C120H112Ir3N15. The van der Waals surface area contributed by atoms with Crippen molar-refractivity contribution in [1.82, 2.24) is 47.3 Å². The predicted octanol–water partition coefficient (Wildman–Crippen LogP) is 29.5. The van der Waals surface area contributed by atoms with E-state index >= 15 is 0 Å². The van der Waals surface area contributed by atoms with Crippen molar-refractivity contribution in [1.29, 1.82) is 0 Å².